The highest BCUT2D eigenvalue weighted by Crippen LogP contribution is 2.46. The van der Waals surface area contributed by atoms with Crippen molar-refractivity contribution in [2.45, 2.75) is 0 Å². The van der Waals surface area contributed by atoms with Gasteiger partial charge in [0.1, 0.15) is 6.07 Å². The Labute approximate surface area is 250 Å². The zero-order valence-corrected chi connectivity index (χ0v) is 23.9. The number of hydrogen-bond donors (Lipinski definition) is 0. The van der Waals surface area contributed by atoms with Gasteiger partial charge in [0.05, 0.1) is 17.2 Å². The van der Waals surface area contributed by atoms with Crippen LogP contribution >= 0.6 is 22.7 Å². The molecule has 194 valence electrons. The Morgan fingerprint density at radius 1 is 0.429 bits per heavy atom. The van der Waals surface area contributed by atoms with Crippen molar-refractivity contribution < 1.29 is 0 Å². The van der Waals surface area contributed by atoms with Crippen molar-refractivity contribution in [1.29, 1.82) is 10.5 Å². The van der Waals surface area contributed by atoms with E-state index >= 15 is 0 Å². The first-order valence-electron chi connectivity index (χ1n) is 13.6. The van der Waals surface area contributed by atoms with Gasteiger partial charge in [0, 0.05) is 57.0 Å². The van der Waals surface area contributed by atoms with Crippen molar-refractivity contribution in [3.05, 3.63) is 132 Å². The summed E-state index contributed by atoms with van der Waals surface area (Å²) in [6.45, 7) is 0. The van der Waals surface area contributed by atoms with Crippen molar-refractivity contribution in [2.24, 2.45) is 0 Å². The van der Waals surface area contributed by atoms with E-state index in [9.17, 15) is 10.5 Å². The van der Waals surface area contributed by atoms with Crippen molar-refractivity contribution >= 4 is 63.0 Å². The molecule has 6 aromatic carbocycles. The molecular weight excluding hydrogens is 549 g/mol. The lowest BCUT2D eigenvalue weighted by atomic mass is 9.87. The van der Waals surface area contributed by atoms with Crippen molar-refractivity contribution in [3.8, 4) is 45.5 Å². The number of benzene rings is 6. The number of hydrogen-bond acceptors (Lipinski definition) is 4. The molecule has 0 atom stereocenters. The molecule has 0 N–H and O–H groups in total. The summed E-state index contributed by atoms with van der Waals surface area (Å²) in [6, 6.07) is 46.6. The van der Waals surface area contributed by atoms with Crippen molar-refractivity contribution in [1.82, 2.24) is 0 Å². The van der Waals surface area contributed by atoms with Crippen LogP contribution in [0, 0.1) is 22.7 Å². The Morgan fingerprint density at radius 2 is 0.976 bits per heavy atom. The van der Waals surface area contributed by atoms with Crippen LogP contribution in [0.15, 0.2) is 121 Å². The van der Waals surface area contributed by atoms with E-state index in [0.29, 0.717) is 11.1 Å². The highest BCUT2D eigenvalue weighted by Gasteiger charge is 2.20. The smallest absolute Gasteiger partial charge is 0.100 e. The van der Waals surface area contributed by atoms with Crippen molar-refractivity contribution in [2.75, 3.05) is 0 Å². The van der Waals surface area contributed by atoms with Gasteiger partial charge in [-0.3, -0.25) is 0 Å². The fraction of sp³-hybridized carbons (Fsp3) is 0. The molecule has 2 nitrogen and oxygen atoms in total. The fourth-order valence-corrected chi connectivity index (χ4v) is 8.48. The maximum Gasteiger partial charge on any atom is 0.100 e. The largest absolute Gasteiger partial charge is 0.192 e. The van der Waals surface area contributed by atoms with Gasteiger partial charge in [0.25, 0.3) is 0 Å². The second-order valence-corrected chi connectivity index (χ2v) is 12.4. The van der Waals surface area contributed by atoms with E-state index in [4.69, 9.17) is 0 Å². The minimum Gasteiger partial charge on any atom is -0.192 e. The quantitative estimate of drug-likeness (QED) is 0.213. The van der Waals surface area contributed by atoms with E-state index in [2.05, 4.69) is 109 Å². The van der Waals surface area contributed by atoms with Crippen LogP contribution in [0.2, 0.25) is 0 Å². The second-order valence-electron chi connectivity index (χ2n) is 10.3. The van der Waals surface area contributed by atoms with E-state index in [-0.39, 0.29) is 0 Å². The van der Waals surface area contributed by atoms with E-state index in [1.165, 1.54) is 40.3 Å². The Kier molecular flexibility index (Phi) is 5.66. The molecule has 42 heavy (non-hydrogen) atoms. The summed E-state index contributed by atoms with van der Waals surface area (Å²) < 4.78 is 4.91. The standard InChI is InChI=1S/C38H20N2S2/c39-21-23-15-17-24(18-16-23)32-19-25(26-9-5-10-29-27-7-1-3-13-35(27)41-37(26)29)20-33(34(32)22-40)31-12-6-11-30-28-8-2-4-14-36(28)42-38(30)31/h1-20H. The maximum absolute atomic E-state index is 10.7. The lowest BCUT2D eigenvalue weighted by Crippen LogP contribution is -1.93. The van der Waals surface area contributed by atoms with Gasteiger partial charge in [-0.15, -0.1) is 22.7 Å². The molecule has 0 aliphatic rings. The minimum atomic E-state index is 0.596. The number of rotatable bonds is 3. The van der Waals surface area contributed by atoms with Gasteiger partial charge in [-0.05, 0) is 53.1 Å². The van der Waals surface area contributed by atoms with Crippen molar-refractivity contribution in [3.63, 3.8) is 0 Å². The van der Waals surface area contributed by atoms with E-state index in [0.717, 1.165) is 33.4 Å². The highest BCUT2D eigenvalue weighted by molar-refractivity contribution is 7.26. The molecule has 0 fully saturated rings. The van der Waals surface area contributed by atoms with Crippen LogP contribution in [0.1, 0.15) is 11.1 Å². The molecule has 8 aromatic rings. The number of fused-ring (bicyclic) bond motifs is 6. The Morgan fingerprint density at radius 3 is 1.60 bits per heavy atom. The molecule has 0 spiro atoms. The van der Waals surface area contributed by atoms with Gasteiger partial charge in [-0.1, -0.05) is 84.9 Å². The lowest BCUT2D eigenvalue weighted by molar-refractivity contribution is 1.46. The topological polar surface area (TPSA) is 47.6 Å². The van der Waals surface area contributed by atoms with Gasteiger partial charge in [-0.25, -0.2) is 0 Å². The summed E-state index contributed by atoms with van der Waals surface area (Å²) in [5.41, 5.74) is 7.22. The summed E-state index contributed by atoms with van der Waals surface area (Å²) in [6.07, 6.45) is 0. The molecule has 0 radical (unpaired) electrons. The van der Waals surface area contributed by atoms with Crippen LogP contribution in [0.3, 0.4) is 0 Å². The summed E-state index contributed by atoms with van der Waals surface area (Å²) in [7, 11) is 0. The molecule has 0 unspecified atom stereocenters. The van der Waals surface area contributed by atoms with Crippen LogP contribution in [-0.4, -0.2) is 0 Å². The molecule has 0 bridgehead atoms. The summed E-state index contributed by atoms with van der Waals surface area (Å²) in [5.74, 6) is 0. The third kappa shape index (κ3) is 3.75. The Bertz CT molecular complexity index is 2430. The van der Waals surface area contributed by atoms with E-state index in [1.54, 1.807) is 11.3 Å². The third-order valence-corrected chi connectivity index (χ3v) is 10.4. The average Bonchev–Trinajstić information content (AvgIpc) is 3.63. The molecule has 0 aliphatic carbocycles. The fourth-order valence-electron chi connectivity index (χ4n) is 6.02. The number of nitriles is 2. The molecule has 0 amide bonds. The highest BCUT2D eigenvalue weighted by atomic mass is 32.1. The number of nitrogens with zero attached hydrogens (tertiary/aromatic N) is 2. The third-order valence-electron chi connectivity index (χ3n) is 7.98. The van der Waals surface area contributed by atoms with Crippen LogP contribution in [0.5, 0.6) is 0 Å². The first-order chi connectivity index (χ1) is 20.7. The average molecular weight is 569 g/mol. The van der Waals surface area contributed by atoms with Gasteiger partial charge in [0.15, 0.2) is 0 Å². The van der Waals surface area contributed by atoms with Gasteiger partial charge in [-0.2, -0.15) is 10.5 Å². The molecule has 0 saturated carbocycles. The van der Waals surface area contributed by atoms with Gasteiger partial charge in [0.2, 0.25) is 0 Å². The maximum atomic E-state index is 10.7. The van der Waals surface area contributed by atoms with Gasteiger partial charge < -0.3 is 0 Å². The van der Waals surface area contributed by atoms with E-state index in [1.807, 2.05) is 35.6 Å². The van der Waals surface area contributed by atoms with E-state index < -0.39 is 0 Å². The Hall–Kier alpha value is -5.26. The molecular formula is C38H20N2S2. The SMILES string of the molecule is N#Cc1ccc(-c2cc(-c3cccc4c3sc3ccccc34)cc(-c3cccc4c3sc3ccccc34)c2C#N)cc1. The molecule has 2 aromatic heterocycles. The Balaban J connectivity index is 1.47. The zero-order valence-electron chi connectivity index (χ0n) is 22.3. The molecule has 0 saturated heterocycles. The summed E-state index contributed by atoms with van der Waals surface area (Å²) >= 11 is 3.58. The zero-order chi connectivity index (χ0) is 28.2. The van der Waals surface area contributed by atoms with Crippen LogP contribution in [0.4, 0.5) is 0 Å². The predicted octanol–water partition coefficient (Wildman–Crippen LogP) is 11.2. The first kappa shape index (κ1) is 24.5. The first-order valence-corrected chi connectivity index (χ1v) is 15.3. The summed E-state index contributed by atoms with van der Waals surface area (Å²) in [5, 5.41) is 25.0. The van der Waals surface area contributed by atoms with Crippen LogP contribution < -0.4 is 0 Å². The monoisotopic (exact) mass is 568 g/mol. The van der Waals surface area contributed by atoms with Crippen LogP contribution in [-0.2, 0) is 0 Å². The number of thiophene rings is 2. The second kappa shape index (κ2) is 9.68. The van der Waals surface area contributed by atoms with Crippen LogP contribution in [0.25, 0.3) is 73.7 Å². The molecule has 8 rings (SSSR count). The lowest BCUT2D eigenvalue weighted by Gasteiger charge is -2.15. The minimum absolute atomic E-state index is 0.596. The van der Waals surface area contributed by atoms with Gasteiger partial charge >= 0.3 is 0 Å². The molecule has 0 aliphatic heterocycles. The predicted molar refractivity (Wildman–Crippen MR) is 178 cm³/mol. The molecule has 4 heteroatoms. The normalized spacial score (nSPS) is 11.3. The molecule has 2 heterocycles. The summed E-state index contributed by atoms with van der Waals surface area (Å²) in [4.78, 5) is 0.